The molecule has 5 nitrogen and oxygen atoms in total. The lowest BCUT2D eigenvalue weighted by Crippen LogP contribution is -2.07. The van der Waals surface area contributed by atoms with Gasteiger partial charge < -0.3 is 16.2 Å². The number of aromatic carboxylic acids is 1. The second-order valence-corrected chi connectivity index (χ2v) is 3.38. The summed E-state index contributed by atoms with van der Waals surface area (Å²) in [5, 5.41) is 11.8. The van der Waals surface area contributed by atoms with Crippen LogP contribution in [0.3, 0.4) is 0 Å². The fourth-order valence-corrected chi connectivity index (χ4v) is 1.17. The molecule has 0 radical (unpaired) electrons. The third-order valence-corrected chi connectivity index (χ3v) is 2.10. The summed E-state index contributed by atoms with van der Waals surface area (Å²) in [5.74, 6) is -0.400. The quantitative estimate of drug-likeness (QED) is 0.664. The third-order valence-electron chi connectivity index (χ3n) is 2.10. The summed E-state index contributed by atoms with van der Waals surface area (Å²) in [5.41, 5.74) is 5.85. The Kier molecular flexibility index (Phi) is 1.99. The number of carboxylic acids is 1. The van der Waals surface area contributed by atoms with Crippen molar-refractivity contribution < 1.29 is 9.90 Å². The van der Waals surface area contributed by atoms with Crippen LogP contribution in [0.2, 0.25) is 0 Å². The molecular formula is C9H11N3O2. The topological polar surface area (TPSA) is 88.2 Å². The van der Waals surface area contributed by atoms with E-state index in [0.29, 0.717) is 11.9 Å². The SMILES string of the molecule is Nc1cc(NC2CC2)ncc1C(=O)O. The summed E-state index contributed by atoms with van der Waals surface area (Å²) in [4.78, 5) is 14.6. The van der Waals surface area contributed by atoms with Crippen LogP contribution < -0.4 is 11.1 Å². The highest BCUT2D eigenvalue weighted by molar-refractivity contribution is 5.93. The molecule has 0 bridgehead atoms. The maximum absolute atomic E-state index is 10.6. The Balaban J connectivity index is 2.20. The van der Waals surface area contributed by atoms with Crippen LogP contribution in [0.5, 0.6) is 0 Å². The van der Waals surface area contributed by atoms with Crippen molar-refractivity contribution in [3.8, 4) is 0 Å². The second-order valence-electron chi connectivity index (χ2n) is 3.38. The number of hydrogen-bond acceptors (Lipinski definition) is 4. The molecule has 1 aliphatic rings. The van der Waals surface area contributed by atoms with Gasteiger partial charge in [-0.2, -0.15) is 0 Å². The van der Waals surface area contributed by atoms with Crippen LogP contribution in [0.4, 0.5) is 11.5 Å². The van der Waals surface area contributed by atoms with E-state index in [4.69, 9.17) is 10.8 Å². The van der Waals surface area contributed by atoms with Crippen molar-refractivity contribution in [2.24, 2.45) is 0 Å². The van der Waals surface area contributed by atoms with Crippen LogP contribution in [0.15, 0.2) is 12.3 Å². The van der Waals surface area contributed by atoms with Gasteiger partial charge in [-0.3, -0.25) is 0 Å². The molecule has 74 valence electrons. The van der Waals surface area contributed by atoms with Gasteiger partial charge in [0, 0.05) is 18.3 Å². The van der Waals surface area contributed by atoms with E-state index in [1.165, 1.54) is 6.20 Å². The third kappa shape index (κ3) is 1.76. The average Bonchev–Trinajstić information content (AvgIpc) is 2.87. The Morgan fingerprint density at radius 3 is 2.86 bits per heavy atom. The average molecular weight is 193 g/mol. The summed E-state index contributed by atoms with van der Waals surface area (Å²) >= 11 is 0. The zero-order valence-corrected chi connectivity index (χ0v) is 7.53. The van der Waals surface area contributed by atoms with E-state index in [-0.39, 0.29) is 11.3 Å². The molecule has 0 unspecified atom stereocenters. The van der Waals surface area contributed by atoms with E-state index < -0.39 is 5.97 Å². The zero-order valence-electron chi connectivity index (χ0n) is 7.53. The van der Waals surface area contributed by atoms with Gasteiger partial charge in [0.1, 0.15) is 11.4 Å². The summed E-state index contributed by atoms with van der Waals surface area (Å²) in [6.45, 7) is 0. The molecular weight excluding hydrogens is 182 g/mol. The van der Waals surface area contributed by atoms with Gasteiger partial charge in [0.2, 0.25) is 0 Å². The minimum atomic E-state index is -1.05. The van der Waals surface area contributed by atoms with Gasteiger partial charge in [-0.25, -0.2) is 9.78 Å². The molecule has 1 fully saturated rings. The predicted molar refractivity (Wildman–Crippen MR) is 52.3 cm³/mol. The zero-order chi connectivity index (χ0) is 10.1. The molecule has 0 atom stereocenters. The molecule has 2 rings (SSSR count). The van der Waals surface area contributed by atoms with Crippen molar-refractivity contribution in [3.05, 3.63) is 17.8 Å². The molecule has 1 saturated carbocycles. The first-order chi connectivity index (χ1) is 6.66. The van der Waals surface area contributed by atoms with Crippen LogP contribution in [0, 0.1) is 0 Å². The number of carboxylic acid groups (broad SMARTS) is 1. The maximum Gasteiger partial charge on any atom is 0.339 e. The minimum Gasteiger partial charge on any atom is -0.478 e. The minimum absolute atomic E-state index is 0.0475. The molecule has 0 aliphatic heterocycles. The maximum atomic E-state index is 10.6. The number of pyridine rings is 1. The first-order valence-corrected chi connectivity index (χ1v) is 4.42. The van der Waals surface area contributed by atoms with Crippen molar-refractivity contribution in [1.82, 2.24) is 4.98 Å². The van der Waals surface area contributed by atoms with E-state index in [2.05, 4.69) is 10.3 Å². The fourth-order valence-electron chi connectivity index (χ4n) is 1.17. The fraction of sp³-hybridized carbons (Fsp3) is 0.333. The number of carbonyl (C=O) groups is 1. The van der Waals surface area contributed by atoms with Crippen LogP contribution in [-0.2, 0) is 0 Å². The van der Waals surface area contributed by atoms with Crippen LogP contribution in [-0.4, -0.2) is 22.1 Å². The van der Waals surface area contributed by atoms with Crippen molar-refractivity contribution in [3.63, 3.8) is 0 Å². The van der Waals surface area contributed by atoms with Crippen molar-refractivity contribution in [1.29, 1.82) is 0 Å². The standard InChI is InChI=1S/C9H11N3O2/c10-7-3-8(12-5-1-2-5)11-4-6(7)9(13)14/h3-5H,1-2H2,(H,13,14)(H3,10,11,12). The Bertz CT molecular complexity index is 374. The van der Waals surface area contributed by atoms with Crippen molar-refractivity contribution >= 4 is 17.5 Å². The second kappa shape index (κ2) is 3.17. The molecule has 1 heterocycles. The molecule has 4 N–H and O–H groups in total. The number of anilines is 2. The molecule has 1 aromatic heterocycles. The Labute approximate surface area is 81.0 Å². The van der Waals surface area contributed by atoms with Gasteiger partial charge in [-0.05, 0) is 12.8 Å². The normalized spacial score (nSPS) is 15.1. The number of nitrogens with one attached hydrogen (secondary N) is 1. The van der Waals surface area contributed by atoms with E-state index in [0.717, 1.165) is 12.8 Å². The number of nitrogens with zero attached hydrogens (tertiary/aromatic N) is 1. The first kappa shape index (κ1) is 8.80. The summed E-state index contributed by atoms with van der Waals surface area (Å²) in [7, 11) is 0. The molecule has 0 spiro atoms. The molecule has 0 aromatic carbocycles. The highest BCUT2D eigenvalue weighted by Gasteiger charge is 2.21. The van der Waals surface area contributed by atoms with Gasteiger partial charge in [0.25, 0.3) is 0 Å². The first-order valence-electron chi connectivity index (χ1n) is 4.42. The van der Waals surface area contributed by atoms with E-state index >= 15 is 0 Å². The molecule has 0 saturated heterocycles. The van der Waals surface area contributed by atoms with Gasteiger partial charge in [0.05, 0.1) is 5.69 Å². The molecule has 0 amide bonds. The van der Waals surface area contributed by atoms with Crippen molar-refractivity contribution in [2.75, 3.05) is 11.1 Å². The van der Waals surface area contributed by atoms with Gasteiger partial charge in [-0.1, -0.05) is 0 Å². The predicted octanol–water partition coefficient (Wildman–Crippen LogP) is 0.936. The number of nitrogen functional groups attached to an aromatic ring is 1. The Morgan fingerprint density at radius 2 is 2.36 bits per heavy atom. The number of nitrogens with two attached hydrogens (primary N) is 1. The molecule has 1 aromatic rings. The molecule has 5 heteroatoms. The Morgan fingerprint density at radius 1 is 1.64 bits per heavy atom. The van der Waals surface area contributed by atoms with Gasteiger partial charge in [-0.15, -0.1) is 0 Å². The summed E-state index contributed by atoms with van der Waals surface area (Å²) < 4.78 is 0. The monoisotopic (exact) mass is 193 g/mol. The number of aromatic nitrogens is 1. The largest absolute Gasteiger partial charge is 0.478 e. The van der Waals surface area contributed by atoms with Crippen LogP contribution >= 0.6 is 0 Å². The smallest absolute Gasteiger partial charge is 0.339 e. The van der Waals surface area contributed by atoms with E-state index in [1.807, 2.05) is 0 Å². The highest BCUT2D eigenvalue weighted by Crippen LogP contribution is 2.25. The lowest BCUT2D eigenvalue weighted by Gasteiger charge is -2.05. The van der Waals surface area contributed by atoms with Crippen LogP contribution in [0.1, 0.15) is 23.2 Å². The summed E-state index contributed by atoms with van der Waals surface area (Å²) in [6, 6.07) is 2.04. The van der Waals surface area contributed by atoms with Gasteiger partial charge >= 0.3 is 5.97 Å². The van der Waals surface area contributed by atoms with Crippen molar-refractivity contribution in [2.45, 2.75) is 18.9 Å². The Hall–Kier alpha value is -1.78. The van der Waals surface area contributed by atoms with E-state index in [1.54, 1.807) is 6.07 Å². The number of rotatable bonds is 3. The highest BCUT2D eigenvalue weighted by atomic mass is 16.4. The molecule has 1 aliphatic carbocycles. The summed E-state index contributed by atoms with van der Waals surface area (Å²) in [6.07, 6.45) is 3.56. The number of hydrogen-bond donors (Lipinski definition) is 3. The lowest BCUT2D eigenvalue weighted by molar-refractivity contribution is 0.0697. The van der Waals surface area contributed by atoms with Crippen LogP contribution in [0.25, 0.3) is 0 Å². The molecule has 14 heavy (non-hydrogen) atoms. The van der Waals surface area contributed by atoms with Gasteiger partial charge in [0.15, 0.2) is 0 Å². The van der Waals surface area contributed by atoms with E-state index in [9.17, 15) is 4.79 Å². The lowest BCUT2D eigenvalue weighted by atomic mass is 10.2.